The lowest BCUT2D eigenvalue weighted by Gasteiger charge is -2.33. The van der Waals surface area contributed by atoms with Crippen molar-refractivity contribution in [2.24, 2.45) is 0 Å². The topological polar surface area (TPSA) is 76.1 Å². The van der Waals surface area contributed by atoms with E-state index in [1.165, 1.54) is 4.90 Å². The summed E-state index contributed by atoms with van der Waals surface area (Å²) in [4.78, 5) is 26.2. The number of hydrogen-bond donors (Lipinski definition) is 1. The van der Waals surface area contributed by atoms with E-state index in [-0.39, 0.29) is 19.1 Å². The highest BCUT2D eigenvalue weighted by atomic mass is 16.6. The summed E-state index contributed by atoms with van der Waals surface area (Å²) in [7, 11) is 0. The van der Waals surface area contributed by atoms with Crippen LogP contribution in [0.4, 0.5) is 4.79 Å². The van der Waals surface area contributed by atoms with Crippen LogP contribution >= 0.6 is 0 Å². The fourth-order valence-corrected chi connectivity index (χ4v) is 4.52. The van der Waals surface area contributed by atoms with Crippen molar-refractivity contribution >= 4 is 12.1 Å². The van der Waals surface area contributed by atoms with Gasteiger partial charge in [0.25, 0.3) is 0 Å². The van der Waals surface area contributed by atoms with E-state index in [1.54, 1.807) is 0 Å². The maximum Gasteiger partial charge on any atom is 0.410 e. The molecule has 1 fully saturated rings. The zero-order chi connectivity index (χ0) is 20.4. The Morgan fingerprint density at radius 2 is 1.72 bits per heavy atom. The van der Waals surface area contributed by atoms with Gasteiger partial charge in [0.2, 0.25) is 0 Å². The summed E-state index contributed by atoms with van der Waals surface area (Å²) in [6.07, 6.45) is 0.391. The van der Waals surface area contributed by atoms with Gasteiger partial charge in [-0.3, -0.25) is 4.90 Å². The Balaban J connectivity index is 1.53. The number of likely N-dealkylation sites (tertiary alicyclic amines) is 1. The van der Waals surface area contributed by atoms with E-state index in [0.29, 0.717) is 26.0 Å². The maximum atomic E-state index is 12.9. The molecule has 152 valence electrons. The first-order valence-electron chi connectivity index (χ1n) is 10.0. The quantitative estimate of drug-likeness (QED) is 0.803. The number of benzene rings is 2. The number of rotatable bonds is 6. The number of carbonyl (C=O) groups is 2. The van der Waals surface area contributed by atoms with Gasteiger partial charge in [-0.2, -0.15) is 0 Å². The average molecular weight is 395 g/mol. The SMILES string of the molecule is CCOC[C@@]1(C(=O)O)CCCN1C(=O)OCC1c2ccccc2-c2ccccc21. The number of nitrogens with zero attached hydrogens (tertiary/aromatic N) is 1. The molecule has 0 spiro atoms. The van der Waals surface area contributed by atoms with Crippen molar-refractivity contribution in [2.45, 2.75) is 31.2 Å². The maximum absolute atomic E-state index is 12.9. The molecule has 0 unspecified atom stereocenters. The first kappa shape index (κ1) is 19.5. The molecule has 6 heteroatoms. The largest absolute Gasteiger partial charge is 0.479 e. The summed E-state index contributed by atoms with van der Waals surface area (Å²) in [5.41, 5.74) is 3.21. The molecule has 2 aromatic rings. The number of carbonyl (C=O) groups excluding carboxylic acids is 1. The Morgan fingerprint density at radius 1 is 1.10 bits per heavy atom. The molecule has 0 radical (unpaired) electrons. The summed E-state index contributed by atoms with van der Waals surface area (Å²) < 4.78 is 11.1. The second-order valence-electron chi connectivity index (χ2n) is 7.53. The van der Waals surface area contributed by atoms with Gasteiger partial charge in [0.1, 0.15) is 6.61 Å². The molecule has 0 bridgehead atoms. The molecule has 1 aliphatic carbocycles. The van der Waals surface area contributed by atoms with Crippen LogP contribution in [0.15, 0.2) is 48.5 Å². The van der Waals surface area contributed by atoms with Crippen LogP contribution in [0.25, 0.3) is 11.1 Å². The molecule has 2 aliphatic rings. The average Bonchev–Trinajstić information content (AvgIpc) is 3.31. The number of carboxylic acids is 1. The molecule has 1 atom stereocenters. The number of ether oxygens (including phenoxy) is 2. The van der Waals surface area contributed by atoms with E-state index in [2.05, 4.69) is 24.3 Å². The van der Waals surface area contributed by atoms with Gasteiger partial charge in [-0.15, -0.1) is 0 Å². The molecular weight excluding hydrogens is 370 g/mol. The highest BCUT2D eigenvalue weighted by molar-refractivity contribution is 5.85. The highest BCUT2D eigenvalue weighted by Gasteiger charge is 2.51. The van der Waals surface area contributed by atoms with Crippen molar-refractivity contribution in [3.05, 3.63) is 59.7 Å². The first-order chi connectivity index (χ1) is 14.1. The summed E-state index contributed by atoms with van der Waals surface area (Å²) in [5, 5.41) is 9.82. The summed E-state index contributed by atoms with van der Waals surface area (Å²) in [6.45, 7) is 2.71. The van der Waals surface area contributed by atoms with Gasteiger partial charge >= 0.3 is 12.1 Å². The number of fused-ring (bicyclic) bond motifs is 3. The van der Waals surface area contributed by atoms with Crippen molar-refractivity contribution in [2.75, 3.05) is 26.4 Å². The van der Waals surface area contributed by atoms with E-state index < -0.39 is 17.6 Å². The van der Waals surface area contributed by atoms with Crippen LogP contribution in [0.5, 0.6) is 0 Å². The highest BCUT2D eigenvalue weighted by Crippen LogP contribution is 2.44. The third kappa shape index (κ3) is 3.27. The van der Waals surface area contributed by atoms with E-state index in [1.807, 2.05) is 31.2 Å². The lowest BCUT2D eigenvalue weighted by molar-refractivity contribution is -0.152. The third-order valence-electron chi connectivity index (χ3n) is 5.99. The minimum atomic E-state index is -1.35. The Labute approximate surface area is 170 Å². The predicted octanol–water partition coefficient (Wildman–Crippen LogP) is 3.89. The Kier molecular flexibility index (Phi) is 5.28. The molecule has 1 N–H and O–H groups in total. The van der Waals surface area contributed by atoms with Crippen LogP contribution in [-0.4, -0.2) is 54.0 Å². The number of aliphatic carboxylic acids is 1. The van der Waals surface area contributed by atoms with Crippen LogP contribution in [0, 0.1) is 0 Å². The second kappa shape index (κ2) is 7.87. The molecule has 1 saturated heterocycles. The lowest BCUT2D eigenvalue weighted by Crippen LogP contribution is -2.56. The van der Waals surface area contributed by atoms with E-state index in [9.17, 15) is 14.7 Å². The first-order valence-corrected chi connectivity index (χ1v) is 10.0. The van der Waals surface area contributed by atoms with Gasteiger partial charge < -0.3 is 14.6 Å². The van der Waals surface area contributed by atoms with Gasteiger partial charge in [-0.1, -0.05) is 48.5 Å². The van der Waals surface area contributed by atoms with Gasteiger partial charge in [-0.05, 0) is 42.0 Å². The molecule has 1 amide bonds. The summed E-state index contributed by atoms with van der Waals surface area (Å²) in [5.74, 6) is -1.10. The molecule has 1 heterocycles. The molecule has 6 nitrogen and oxygen atoms in total. The van der Waals surface area contributed by atoms with Crippen LogP contribution in [0.2, 0.25) is 0 Å². The molecule has 4 rings (SSSR count). The number of amides is 1. The zero-order valence-electron chi connectivity index (χ0n) is 16.5. The smallest absolute Gasteiger partial charge is 0.410 e. The molecule has 29 heavy (non-hydrogen) atoms. The Bertz CT molecular complexity index is 881. The van der Waals surface area contributed by atoms with Crippen molar-refractivity contribution in [1.29, 1.82) is 0 Å². The summed E-state index contributed by atoms with van der Waals surface area (Å²) >= 11 is 0. The van der Waals surface area contributed by atoms with Crippen molar-refractivity contribution in [1.82, 2.24) is 4.90 Å². The molecule has 2 aromatic carbocycles. The Morgan fingerprint density at radius 3 is 2.31 bits per heavy atom. The zero-order valence-corrected chi connectivity index (χ0v) is 16.5. The lowest BCUT2D eigenvalue weighted by atomic mass is 9.97. The van der Waals surface area contributed by atoms with E-state index in [0.717, 1.165) is 22.3 Å². The predicted molar refractivity (Wildman–Crippen MR) is 108 cm³/mol. The molecule has 0 saturated carbocycles. The van der Waals surface area contributed by atoms with Gasteiger partial charge in [0.15, 0.2) is 5.54 Å². The fourth-order valence-electron chi connectivity index (χ4n) is 4.52. The monoisotopic (exact) mass is 395 g/mol. The molecule has 0 aromatic heterocycles. The number of carboxylic acid groups (broad SMARTS) is 1. The van der Waals surface area contributed by atoms with E-state index >= 15 is 0 Å². The van der Waals surface area contributed by atoms with Gasteiger partial charge in [-0.25, -0.2) is 9.59 Å². The van der Waals surface area contributed by atoms with Crippen molar-refractivity contribution in [3.8, 4) is 11.1 Å². The standard InChI is InChI=1S/C23H25NO5/c1-2-28-15-23(21(25)26)12-7-13-24(23)22(27)29-14-20-18-10-5-3-8-16(18)17-9-4-6-11-19(17)20/h3-6,8-11,20H,2,7,12-15H2,1H3,(H,25,26)/t23-/m1/s1. The minimum Gasteiger partial charge on any atom is -0.479 e. The summed E-state index contributed by atoms with van der Waals surface area (Å²) in [6, 6.07) is 16.2. The van der Waals surface area contributed by atoms with Gasteiger partial charge in [0, 0.05) is 19.1 Å². The van der Waals surface area contributed by atoms with Crippen LogP contribution < -0.4 is 0 Å². The number of hydrogen-bond acceptors (Lipinski definition) is 4. The molecule has 1 aliphatic heterocycles. The van der Waals surface area contributed by atoms with Gasteiger partial charge in [0.05, 0.1) is 6.61 Å². The minimum absolute atomic E-state index is 0.0248. The van der Waals surface area contributed by atoms with Crippen molar-refractivity contribution in [3.63, 3.8) is 0 Å². The van der Waals surface area contributed by atoms with Crippen molar-refractivity contribution < 1.29 is 24.2 Å². The Hall–Kier alpha value is -2.86. The fraction of sp³-hybridized carbons (Fsp3) is 0.391. The second-order valence-corrected chi connectivity index (χ2v) is 7.53. The van der Waals surface area contributed by atoms with Crippen LogP contribution in [0.3, 0.4) is 0 Å². The van der Waals surface area contributed by atoms with Crippen LogP contribution in [0.1, 0.15) is 36.8 Å². The molecular formula is C23H25NO5. The van der Waals surface area contributed by atoms with Crippen LogP contribution in [-0.2, 0) is 14.3 Å². The van der Waals surface area contributed by atoms with E-state index in [4.69, 9.17) is 9.47 Å². The third-order valence-corrected chi connectivity index (χ3v) is 5.99. The normalized spacial score (nSPS) is 20.4.